The number of benzene rings is 1. The number of hydrogen-bond acceptors (Lipinski definition) is 2. The summed E-state index contributed by atoms with van der Waals surface area (Å²) in [5.74, 6) is 1.99. The second-order valence-corrected chi connectivity index (χ2v) is 4.13. The number of ether oxygens (including phenoxy) is 1. The Morgan fingerprint density at radius 3 is 2.67 bits per heavy atom. The lowest BCUT2D eigenvalue weighted by Gasteiger charge is -2.09. The van der Waals surface area contributed by atoms with Gasteiger partial charge in [-0.1, -0.05) is 19.1 Å². The summed E-state index contributed by atoms with van der Waals surface area (Å²) in [6, 6.07) is 6.48. The molecule has 0 saturated heterocycles. The summed E-state index contributed by atoms with van der Waals surface area (Å²) in [5.41, 5.74) is 2.72. The molecule has 0 radical (unpaired) electrons. The number of rotatable bonds is 6. The first-order valence-electron chi connectivity index (χ1n) is 5.58. The zero-order valence-electron chi connectivity index (χ0n) is 9.62. The first kappa shape index (κ1) is 12.4. The van der Waals surface area contributed by atoms with E-state index in [0.29, 0.717) is 0 Å². The van der Waals surface area contributed by atoms with Gasteiger partial charge in [-0.3, -0.25) is 0 Å². The molecule has 1 rings (SSSR count). The van der Waals surface area contributed by atoms with Crippen LogP contribution in [0.25, 0.3) is 0 Å². The molecule has 15 heavy (non-hydrogen) atoms. The van der Waals surface area contributed by atoms with Crippen LogP contribution in [-0.2, 0) is 12.8 Å². The number of methoxy groups -OCH3 is 1. The fourth-order valence-corrected chi connectivity index (χ4v) is 1.90. The van der Waals surface area contributed by atoms with Crippen LogP contribution in [0.5, 0.6) is 5.75 Å². The van der Waals surface area contributed by atoms with Crippen LogP contribution < -0.4 is 4.74 Å². The highest BCUT2D eigenvalue weighted by molar-refractivity contribution is 7.80. The largest absolute Gasteiger partial charge is 0.496 e. The minimum atomic E-state index is 0.968. The van der Waals surface area contributed by atoms with Crippen LogP contribution in [0, 0.1) is 0 Å². The third-order valence-electron chi connectivity index (χ3n) is 2.61. The van der Waals surface area contributed by atoms with Crippen LogP contribution in [0.2, 0.25) is 0 Å². The molecular weight excluding hydrogens is 204 g/mol. The Kier molecular flexibility index (Phi) is 5.62. The van der Waals surface area contributed by atoms with Crippen molar-refractivity contribution in [1.82, 2.24) is 0 Å². The topological polar surface area (TPSA) is 9.23 Å². The van der Waals surface area contributed by atoms with Crippen molar-refractivity contribution in [2.45, 2.75) is 32.6 Å². The molecule has 84 valence electrons. The summed E-state index contributed by atoms with van der Waals surface area (Å²) in [5, 5.41) is 0. The minimum Gasteiger partial charge on any atom is -0.496 e. The molecular formula is C13H20OS. The summed E-state index contributed by atoms with van der Waals surface area (Å²) >= 11 is 4.22. The van der Waals surface area contributed by atoms with Crippen molar-refractivity contribution in [2.24, 2.45) is 0 Å². The fraction of sp³-hybridized carbons (Fsp3) is 0.538. The Morgan fingerprint density at radius 2 is 2.07 bits per heavy atom. The molecule has 0 bridgehead atoms. The van der Waals surface area contributed by atoms with Crippen LogP contribution in [0.3, 0.4) is 0 Å². The summed E-state index contributed by atoms with van der Waals surface area (Å²) in [7, 11) is 1.74. The van der Waals surface area contributed by atoms with Gasteiger partial charge < -0.3 is 4.74 Å². The number of aryl methyl sites for hydroxylation is 2. The van der Waals surface area contributed by atoms with E-state index in [1.165, 1.54) is 24.0 Å². The highest BCUT2D eigenvalue weighted by Crippen LogP contribution is 2.22. The maximum Gasteiger partial charge on any atom is 0.122 e. The van der Waals surface area contributed by atoms with Crippen molar-refractivity contribution in [2.75, 3.05) is 12.9 Å². The van der Waals surface area contributed by atoms with Gasteiger partial charge in [0.05, 0.1) is 7.11 Å². The van der Waals surface area contributed by atoms with Gasteiger partial charge in [0.15, 0.2) is 0 Å². The molecule has 0 aliphatic rings. The van der Waals surface area contributed by atoms with E-state index in [0.717, 1.165) is 24.3 Å². The molecule has 0 saturated carbocycles. The van der Waals surface area contributed by atoms with E-state index in [1.54, 1.807) is 7.11 Å². The van der Waals surface area contributed by atoms with Crippen molar-refractivity contribution in [1.29, 1.82) is 0 Å². The Bertz CT molecular complexity index is 297. The van der Waals surface area contributed by atoms with Crippen LogP contribution in [0.1, 0.15) is 30.9 Å². The lowest BCUT2D eigenvalue weighted by Crippen LogP contribution is -1.94. The van der Waals surface area contributed by atoms with E-state index in [2.05, 4.69) is 37.8 Å². The van der Waals surface area contributed by atoms with Gasteiger partial charge in [-0.15, -0.1) is 0 Å². The molecule has 0 aliphatic heterocycles. The number of thiol groups is 1. The van der Waals surface area contributed by atoms with Crippen LogP contribution >= 0.6 is 12.6 Å². The quantitative estimate of drug-likeness (QED) is 0.574. The first-order chi connectivity index (χ1) is 7.31. The zero-order valence-corrected chi connectivity index (χ0v) is 10.5. The van der Waals surface area contributed by atoms with Gasteiger partial charge in [-0.05, 0) is 48.6 Å². The molecule has 0 aromatic heterocycles. The molecule has 0 N–H and O–H groups in total. The van der Waals surface area contributed by atoms with Gasteiger partial charge in [-0.25, -0.2) is 0 Å². The van der Waals surface area contributed by atoms with Crippen molar-refractivity contribution < 1.29 is 4.74 Å². The lowest BCUT2D eigenvalue weighted by molar-refractivity contribution is 0.409. The fourth-order valence-electron chi connectivity index (χ4n) is 1.67. The van der Waals surface area contributed by atoms with Crippen LogP contribution in [-0.4, -0.2) is 12.9 Å². The third kappa shape index (κ3) is 3.78. The second kappa shape index (κ2) is 6.78. The predicted molar refractivity (Wildman–Crippen MR) is 69.2 cm³/mol. The van der Waals surface area contributed by atoms with Crippen molar-refractivity contribution >= 4 is 12.6 Å². The normalized spacial score (nSPS) is 10.3. The molecule has 2 heteroatoms. The van der Waals surface area contributed by atoms with E-state index in [1.807, 2.05) is 0 Å². The monoisotopic (exact) mass is 224 g/mol. The van der Waals surface area contributed by atoms with Crippen molar-refractivity contribution in [3.63, 3.8) is 0 Å². The maximum atomic E-state index is 5.36. The summed E-state index contributed by atoms with van der Waals surface area (Å²) < 4.78 is 5.36. The highest BCUT2D eigenvalue weighted by Gasteiger charge is 2.03. The Labute approximate surface area is 98.3 Å². The second-order valence-electron chi connectivity index (χ2n) is 3.68. The van der Waals surface area contributed by atoms with Gasteiger partial charge in [-0.2, -0.15) is 12.6 Å². The number of hydrogen-bond donors (Lipinski definition) is 1. The van der Waals surface area contributed by atoms with Gasteiger partial charge in [0.1, 0.15) is 5.75 Å². The summed E-state index contributed by atoms with van der Waals surface area (Å²) in [4.78, 5) is 0. The molecule has 0 aliphatic carbocycles. The molecule has 0 fully saturated rings. The van der Waals surface area contributed by atoms with E-state index in [4.69, 9.17) is 4.74 Å². The Hall–Kier alpha value is -0.630. The van der Waals surface area contributed by atoms with Crippen LogP contribution in [0.4, 0.5) is 0 Å². The third-order valence-corrected chi connectivity index (χ3v) is 2.92. The predicted octanol–water partition coefficient (Wildman–Crippen LogP) is 3.51. The number of unbranched alkanes of at least 4 members (excludes halogenated alkanes) is 1. The highest BCUT2D eigenvalue weighted by atomic mass is 32.1. The lowest BCUT2D eigenvalue weighted by atomic mass is 10.0. The maximum absolute atomic E-state index is 5.36. The van der Waals surface area contributed by atoms with Gasteiger partial charge in [0.2, 0.25) is 0 Å². The first-order valence-corrected chi connectivity index (χ1v) is 6.21. The minimum absolute atomic E-state index is 0.968. The van der Waals surface area contributed by atoms with Crippen molar-refractivity contribution in [3.05, 3.63) is 29.3 Å². The molecule has 0 amide bonds. The average molecular weight is 224 g/mol. The molecule has 0 unspecified atom stereocenters. The standard InChI is InChI=1S/C13H20OS/c1-3-11-7-8-13(14-2)12(10-11)6-4-5-9-15/h7-8,10,15H,3-6,9H2,1-2H3. The molecule has 1 nitrogen and oxygen atoms in total. The van der Waals surface area contributed by atoms with E-state index >= 15 is 0 Å². The Morgan fingerprint density at radius 1 is 1.27 bits per heavy atom. The molecule has 0 atom stereocenters. The smallest absolute Gasteiger partial charge is 0.122 e. The van der Waals surface area contributed by atoms with Crippen LogP contribution in [0.15, 0.2) is 18.2 Å². The Balaban J connectivity index is 2.72. The van der Waals surface area contributed by atoms with E-state index in [9.17, 15) is 0 Å². The van der Waals surface area contributed by atoms with E-state index in [-0.39, 0.29) is 0 Å². The van der Waals surface area contributed by atoms with Crippen molar-refractivity contribution in [3.8, 4) is 5.75 Å². The SMILES string of the molecule is CCc1ccc(OC)c(CCCCS)c1. The van der Waals surface area contributed by atoms with E-state index < -0.39 is 0 Å². The molecule has 1 aromatic carbocycles. The van der Waals surface area contributed by atoms with Gasteiger partial charge in [0.25, 0.3) is 0 Å². The average Bonchev–Trinajstić information content (AvgIpc) is 2.29. The zero-order chi connectivity index (χ0) is 11.1. The summed E-state index contributed by atoms with van der Waals surface area (Å²) in [6.45, 7) is 2.18. The summed E-state index contributed by atoms with van der Waals surface area (Å²) in [6.07, 6.45) is 4.54. The van der Waals surface area contributed by atoms with Gasteiger partial charge in [0, 0.05) is 0 Å². The molecule has 1 aromatic rings. The van der Waals surface area contributed by atoms with Gasteiger partial charge >= 0.3 is 0 Å². The molecule has 0 spiro atoms. The molecule has 0 heterocycles.